The number of rotatable bonds is 5. The number of nitro benzene ring substituents is 1. The zero-order valence-electron chi connectivity index (χ0n) is 16.3. The average molecular weight is 402 g/mol. The number of nitrogens with one attached hydrogen (secondary N) is 1. The van der Waals surface area contributed by atoms with Gasteiger partial charge in [0.15, 0.2) is 0 Å². The van der Waals surface area contributed by atoms with Crippen LogP contribution in [0.5, 0.6) is 0 Å². The lowest BCUT2D eigenvalue weighted by molar-refractivity contribution is -0.385. The van der Waals surface area contributed by atoms with Crippen molar-refractivity contribution in [2.75, 3.05) is 24.3 Å². The minimum Gasteiger partial charge on any atom is -0.378 e. The van der Waals surface area contributed by atoms with Gasteiger partial charge in [-0.2, -0.15) is 4.80 Å². The molecule has 1 amide bonds. The third-order valence-electron chi connectivity index (χ3n) is 4.58. The molecule has 0 aliphatic heterocycles. The Morgan fingerprint density at radius 3 is 2.40 bits per heavy atom. The first-order chi connectivity index (χ1) is 14.4. The van der Waals surface area contributed by atoms with Gasteiger partial charge in [-0.05, 0) is 48.5 Å². The van der Waals surface area contributed by atoms with E-state index in [0.717, 1.165) is 11.4 Å². The third-order valence-corrected chi connectivity index (χ3v) is 4.58. The Kier molecular flexibility index (Phi) is 4.85. The average Bonchev–Trinajstić information content (AvgIpc) is 3.17. The van der Waals surface area contributed by atoms with Gasteiger partial charge in [0, 0.05) is 31.5 Å². The van der Waals surface area contributed by atoms with Crippen LogP contribution in [-0.4, -0.2) is 39.9 Å². The molecular formula is C21H18N6O3. The first-order valence-electron chi connectivity index (χ1n) is 9.12. The molecule has 1 N–H and O–H groups in total. The number of hydrogen-bond acceptors (Lipinski definition) is 6. The van der Waals surface area contributed by atoms with Crippen molar-refractivity contribution in [1.29, 1.82) is 0 Å². The Morgan fingerprint density at radius 2 is 1.70 bits per heavy atom. The molecule has 0 bridgehead atoms. The van der Waals surface area contributed by atoms with Gasteiger partial charge in [-0.1, -0.05) is 12.1 Å². The Bertz CT molecular complexity index is 1250. The van der Waals surface area contributed by atoms with Crippen LogP contribution in [0.2, 0.25) is 0 Å². The maximum absolute atomic E-state index is 12.5. The molecule has 1 aromatic heterocycles. The summed E-state index contributed by atoms with van der Waals surface area (Å²) in [5, 5.41) is 22.8. The Hall–Kier alpha value is -4.27. The highest BCUT2D eigenvalue weighted by molar-refractivity contribution is 6.07. The quantitative estimate of drug-likeness (QED) is 0.403. The van der Waals surface area contributed by atoms with E-state index in [9.17, 15) is 14.9 Å². The number of nitro groups is 1. The molecule has 30 heavy (non-hydrogen) atoms. The van der Waals surface area contributed by atoms with Crippen LogP contribution < -0.4 is 10.2 Å². The number of benzene rings is 3. The first kappa shape index (κ1) is 19.1. The molecular weight excluding hydrogens is 384 g/mol. The fourth-order valence-electron chi connectivity index (χ4n) is 3.02. The molecule has 0 unspecified atom stereocenters. The molecule has 0 saturated heterocycles. The second-order valence-electron chi connectivity index (χ2n) is 6.83. The van der Waals surface area contributed by atoms with Crippen LogP contribution in [0, 0.1) is 10.1 Å². The van der Waals surface area contributed by atoms with Gasteiger partial charge >= 0.3 is 0 Å². The first-order valence-corrected chi connectivity index (χ1v) is 9.12. The lowest BCUT2D eigenvalue weighted by Crippen LogP contribution is -2.13. The molecule has 9 heteroatoms. The van der Waals surface area contributed by atoms with Gasteiger partial charge in [0.2, 0.25) is 0 Å². The largest absolute Gasteiger partial charge is 0.378 e. The van der Waals surface area contributed by atoms with E-state index in [1.54, 1.807) is 24.3 Å². The van der Waals surface area contributed by atoms with E-state index >= 15 is 0 Å². The van der Waals surface area contributed by atoms with Crippen LogP contribution >= 0.6 is 0 Å². The summed E-state index contributed by atoms with van der Waals surface area (Å²) in [6.07, 6.45) is 0. The molecule has 3 aromatic carbocycles. The molecule has 0 spiro atoms. The summed E-state index contributed by atoms with van der Waals surface area (Å²) in [4.78, 5) is 26.6. The monoisotopic (exact) mass is 402 g/mol. The van der Waals surface area contributed by atoms with E-state index in [2.05, 4.69) is 15.5 Å². The summed E-state index contributed by atoms with van der Waals surface area (Å²) < 4.78 is 0. The van der Waals surface area contributed by atoms with E-state index < -0.39 is 10.8 Å². The normalized spacial score (nSPS) is 10.7. The van der Waals surface area contributed by atoms with Crippen molar-refractivity contribution in [2.24, 2.45) is 0 Å². The van der Waals surface area contributed by atoms with Crippen LogP contribution in [0.1, 0.15) is 10.4 Å². The molecule has 0 atom stereocenters. The van der Waals surface area contributed by atoms with Crippen molar-refractivity contribution < 1.29 is 9.72 Å². The standard InChI is InChI=1S/C21H18N6O3/c1-25(2)15-8-10-16(11-9-15)26-23-18-12-7-14(13-19(18)24-26)22-21(28)17-5-3-4-6-20(17)27(29)30/h3-13H,1-2H3,(H,22,28). The van der Waals surface area contributed by atoms with Crippen LogP contribution in [0.4, 0.5) is 17.1 Å². The summed E-state index contributed by atoms with van der Waals surface area (Å²) >= 11 is 0. The van der Waals surface area contributed by atoms with Gasteiger partial charge in [0.1, 0.15) is 16.6 Å². The van der Waals surface area contributed by atoms with Crippen molar-refractivity contribution in [3.63, 3.8) is 0 Å². The summed E-state index contributed by atoms with van der Waals surface area (Å²) in [5.74, 6) is -0.562. The molecule has 0 aliphatic carbocycles. The topological polar surface area (TPSA) is 106 Å². The maximum Gasteiger partial charge on any atom is 0.282 e. The molecule has 9 nitrogen and oxygen atoms in total. The summed E-state index contributed by atoms with van der Waals surface area (Å²) in [5.41, 5.74) is 3.34. The fraction of sp³-hybridized carbons (Fsp3) is 0.0952. The van der Waals surface area contributed by atoms with Crippen LogP contribution in [0.3, 0.4) is 0 Å². The number of hydrogen-bond donors (Lipinski definition) is 1. The highest BCUT2D eigenvalue weighted by Gasteiger charge is 2.19. The molecule has 0 saturated carbocycles. The van der Waals surface area contributed by atoms with Crippen LogP contribution in [0.15, 0.2) is 66.7 Å². The van der Waals surface area contributed by atoms with E-state index in [1.165, 1.54) is 23.0 Å². The predicted molar refractivity (Wildman–Crippen MR) is 114 cm³/mol. The molecule has 0 aliphatic rings. The fourth-order valence-corrected chi connectivity index (χ4v) is 3.02. The number of nitrogens with zero attached hydrogens (tertiary/aromatic N) is 5. The Morgan fingerprint density at radius 1 is 1.00 bits per heavy atom. The number of amides is 1. The Labute approximate surface area is 171 Å². The third kappa shape index (κ3) is 3.68. The maximum atomic E-state index is 12.5. The smallest absolute Gasteiger partial charge is 0.282 e. The highest BCUT2D eigenvalue weighted by Crippen LogP contribution is 2.22. The second kappa shape index (κ2) is 7.63. The minimum atomic E-state index is -0.578. The van der Waals surface area contributed by atoms with E-state index in [4.69, 9.17) is 0 Å². The number of anilines is 2. The zero-order valence-corrected chi connectivity index (χ0v) is 16.3. The van der Waals surface area contributed by atoms with E-state index in [1.807, 2.05) is 43.3 Å². The van der Waals surface area contributed by atoms with Crippen molar-refractivity contribution in [3.8, 4) is 5.69 Å². The molecule has 0 fully saturated rings. The lowest BCUT2D eigenvalue weighted by atomic mass is 10.1. The van der Waals surface area contributed by atoms with Crippen molar-refractivity contribution in [3.05, 3.63) is 82.4 Å². The van der Waals surface area contributed by atoms with Gasteiger partial charge in [0.05, 0.1) is 10.6 Å². The van der Waals surface area contributed by atoms with Gasteiger partial charge < -0.3 is 10.2 Å². The van der Waals surface area contributed by atoms with E-state index in [-0.39, 0.29) is 11.3 Å². The molecule has 4 aromatic rings. The number of carbonyl (C=O) groups excluding carboxylic acids is 1. The number of carbonyl (C=O) groups is 1. The van der Waals surface area contributed by atoms with Crippen molar-refractivity contribution >= 4 is 34.0 Å². The number of fused-ring (bicyclic) bond motifs is 1. The highest BCUT2D eigenvalue weighted by atomic mass is 16.6. The SMILES string of the molecule is CN(C)c1ccc(-n2nc3ccc(NC(=O)c4ccccc4[N+](=O)[O-])cc3n2)cc1. The zero-order chi connectivity index (χ0) is 21.3. The summed E-state index contributed by atoms with van der Waals surface area (Å²) in [7, 11) is 3.94. The number of aromatic nitrogens is 3. The van der Waals surface area contributed by atoms with Crippen molar-refractivity contribution in [2.45, 2.75) is 0 Å². The molecule has 150 valence electrons. The summed E-state index contributed by atoms with van der Waals surface area (Å²) in [6, 6.07) is 18.7. The van der Waals surface area contributed by atoms with Gasteiger partial charge in [-0.3, -0.25) is 14.9 Å². The van der Waals surface area contributed by atoms with Crippen LogP contribution in [0.25, 0.3) is 16.7 Å². The molecule has 1 heterocycles. The van der Waals surface area contributed by atoms with Gasteiger partial charge in [-0.15, -0.1) is 10.2 Å². The molecule has 0 radical (unpaired) electrons. The summed E-state index contributed by atoms with van der Waals surface area (Å²) in [6.45, 7) is 0. The second-order valence-corrected chi connectivity index (χ2v) is 6.83. The minimum absolute atomic E-state index is 0.00719. The lowest BCUT2D eigenvalue weighted by Gasteiger charge is -2.12. The predicted octanol–water partition coefficient (Wildman–Crippen LogP) is 3.65. The van der Waals surface area contributed by atoms with E-state index in [0.29, 0.717) is 16.7 Å². The van der Waals surface area contributed by atoms with Crippen LogP contribution in [-0.2, 0) is 0 Å². The van der Waals surface area contributed by atoms with Gasteiger partial charge in [-0.25, -0.2) is 0 Å². The van der Waals surface area contributed by atoms with Gasteiger partial charge in [0.25, 0.3) is 11.6 Å². The molecule has 4 rings (SSSR count). The Balaban J connectivity index is 1.60. The van der Waals surface area contributed by atoms with Crippen molar-refractivity contribution in [1.82, 2.24) is 15.0 Å². The number of para-hydroxylation sites is 1.